The van der Waals surface area contributed by atoms with E-state index in [0.29, 0.717) is 25.6 Å². The zero-order chi connectivity index (χ0) is 23.0. The fourth-order valence-electron chi connectivity index (χ4n) is 4.67. The Kier molecular flexibility index (Phi) is 6.05. The van der Waals surface area contributed by atoms with Crippen LogP contribution in [0.2, 0.25) is 0 Å². The van der Waals surface area contributed by atoms with E-state index in [2.05, 4.69) is 69.5 Å². The number of carbonyl (C=O) groups is 1. The van der Waals surface area contributed by atoms with Gasteiger partial charge in [-0.3, -0.25) is 4.79 Å². The van der Waals surface area contributed by atoms with Gasteiger partial charge in [-0.15, -0.1) is 0 Å². The molecule has 3 aromatic rings. The van der Waals surface area contributed by atoms with Crippen LogP contribution in [0.4, 0.5) is 10.1 Å². The Labute approximate surface area is 190 Å². The molecule has 3 nitrogen and oxygen atoms in total. The number of halogens is 1. The molecule has 4 heteroatoms. The highest BCUT2D eigenvalue weighted by Gasteiger charge is 2.27. The minimum absolute atomic E-state index is 0.0397. The molecule has 1 fully saturated rings. The van der Waals surface area contributed by atoms with E-state index in [0.717, 1.165) is 22.0 Å². The molecule has 0 aliphatic carbocycles. The number of rotatable bonds is 4. The normalized spacial score (nSPS) is 16.6. The summed E-state index contributed by atoms with van der Waals surface area (Å²) in [5, 5.41) is 1.92. The van der Waals surface area contributed by atoms with Gasteiger partial charge in [-0.25, -0.2) is 4.39 Å². The average Bonchev–Trinajstić information content (AvgIpc) is 2.77. The fourth-order valence-corrected chi connectivity index (χ4v) is 4.67. The molecule has 0 bridgehead atoms. The van der Waals surface area contributed by atoms with Gasteiger partial charge in [-0.05, 0) is 72.2 Å². The van der Waals surface area contributed by atoms with Crippen LogP contribution in [0.1, 0.15) is 37.8 Å². The van der Waals surface area contributed by atoms with Crippen LogP contribution in [-0.4, -0.2) is 36.5 Å². The largest absolute Gasteiger partial charge is 0.365 e. The molecule has 1 aliphatic heterocycles. The molecule has 1 amide bonds. The maximum Gasteiger partial charge on any atom is 0.246 e. The van der Waals surface area contributed by atoms with Gasteiger partial charge < -0.3 is 9.80 Å². The van der Waals surface area contributed by atoms with Crippen LogP contribution in [0.5, 0.6) is 0 Å². The first-order chi connectivity index (χ1) is 15.3. The Morgan fingerprint density at radius 3 is 2.53 bits per heavy atom. The molecule has 1 heterocycles. The van der Waals surface area contributed by atoms with Gasteiger partial charge in [0.05, 0.1) is 0 Å². The fraction of sp³-hybridized carbons (Fsp3) is 0.321. The van der Waals surface area contributed by atoms with Crippen LogP contribution in [0, 0.1) is 12.7 Å². The second kappa shape index (κ2) is 8.78. The lowest BCUT2D eigenvalue weighted by molar-refractivity contribution is -0.126. The molecule has 0 aromatic heterocycles. The van der Waals surface area contributed by atoms with E-state index in [-0.39, 0.29) is 17.8 Å². The summed E-state index contributed by atoms with van der Waals surface area (Å²) in [6.45, 7) is 14.2. The van der Waals surface area contributed by atoms with E-state index < -0.39 is 0 Å². The van der Waals surface area contributed by atoms with Gasteiger partial charge in [-0.1, -0.05) is 50.3 Å². The lowest BCUT2D eigenvalue weighted by atomic mass is 9.93. The van der Waals surface area contributed by atoms with E-state index in [4.69, 9.17) is 0 Å². The maximum absolute atomic E-state index is 14.2. The first kappa shape index (κ1) is 22.1. The molecule has 0 radical (unpaired) electrons. The van der Waals surface area contributed by atoms with Crippen molar-refractivity contribution in [2.75, 3.05) is 24.5 Å². The molecule has 1 aliphatic rings. The number of aryl methyl sites for hydroxylation is 1. The number of anilines is 1. The minimum Gasteiger partial charge on any atom is -0.365 e. The van der Waals surface area contributed by atoms with Gasteiger partial charge in [0.25, 0.3) is 0 Å². The lowest BCUT2D eigenvalue weighted by Gasteiger charge is -2.41. The monoisotopic (exact) mass is 430 g/mol. The molecule has 0 N–H and O–H groups in total. The summed E-state index contributed by atoms with van der Waals surface area (Å²) in [4.78, 5) is 16.2. The van der Waals surface area contributed by atoms with E-state index in [1.165, 1.54) is 28.8 Å². The third kappa shape index (κ3) is 4.27. The molecule has 4 rings (SSSR count). The number of hydrogen-bond donors (Lipinski definition) is 0. The van der Waals surface area contributed by atoms with Crippen LogP contribution in [0.3, 0.4) is 0 Å². The maximum atomic E-state index is 14.2. The van der Waals surface area contributed by atoms with Gasteiger partial charge in [0.15, 0.2) is 0 Å². The van der Waals surface area contributed by atoms with Crippen molar-refractivity contribution in [2.24, 2.45) is 0 Å². The summed E-state index contributed by atoms with van der Waals surface area (Å²) in [6, 6.07) is 16.2. The number of carbonyl (C=O) groups excluding carboxylic acids is 1. The Morgan fingerprint density at radius 1 is 1.09 bits per heavy atom. The number of hydrogen-bond acceptors (Lipinski definition) is 2. The Morgan fingerprint density at radius 2 is 1.84 bits per heavy atom. The second-order valence-corrected chi connectivity index (χ2v) is 9.18. The lowest BCUT2D eigenvalue weighted by Crippen LogP contribution is -2.53. The number of fused-ring (bicyclic) bond motifs is 1. The minimum atomic E-state index is -0.239. The zero-order valence-electron chi connectivity index (χ0n) is 19.4. The highest BCUT2D eigenvalue weighted by molar-refractivity contribution is 5.98. The van der Waals surface area contributed by atoms with E-state index >= 15 is 0 Å². The third-order valence-corrected chi connectivity index (χ3v) is 6.42. The summed E-state index contributed by atoms with van der Waals surface area (Å²) in [6.07, 6.45) is 1.37. The quantitative estimate of drug-likeness (QED) is 0.454. The van der Waals surface area contributed by atoms with Crippen LogP contribution >= 0.6 is 0 Å². The molecule has 1 atom stereocenters. The molecule has 0 spiro atoms. The smallest absolute Gasteiger partial charge is 0.246 e. The molecule has 1 saturated heterocycles. The van der Waals surface area contributed by atoms with E-state index in [1.807, 2.05) is 11.0 Å². The van der Waals surface area contributed by atoms with Gasteiger partial charge >= 0.3 is 0 Å². The van der Waals surface area contributed by atoms with Crippen molar-refractivity contribution in [2.45, 2.75) is 39.7 Å². The van der Waals surface area contributed by atoms with Crippen molar-refractivity contribution < 1.29 is 9.18 Å². The van der Waals surface area contributed by atoms with Gasteiger partial charge in [0.2, 0.25) is 5.91 Å². The van der Waals surface area contributed by atoms with Crippen molar-refractivity contribution in [3.63, 3.8) is 0 Å². The first-order valence-corrected chi connectivity index (χ1v) is 11.3. The van der Waals surface area contributed by atoms with E-state index in [1.54, 1.807) is 6.07 Å². The molecule has 32 heavy (non-hydrogen) atoms. The Bertz CT molecular complexity index is 1180. The van der Waals surface area contributed by atoms with Gasteiger partial charge in [0.1, 0.15) is 5.82 Å². The average molecular weight is 431 g/mol. The molecule has 0 saturated carbocycles. The number of piperazine rings is 1. The van der Waals surface area contributed by atoms with Crippen molar-refractivity contribution >= 4 is 22.4 Å². The molecule has 166 valence electrons. The van der Waals surface area contributed by atoms with Crippen LogP contribution in [-0.2, 0) is 4.79 Å². The Balaban J connectivity index is 1.83. The molecular weight excluding hydrogens is 399 g/mol. The zero-order valence-corrected chi connectivity index (χ0v) is 19.4. The first-order valence-electron chi connectivity index (χ1n) is 11.3. The predicted molar refractivity (Wildman–Crippen MR) is 132 cm³/mol. The summed E-state index contributed by atoms with van der Waals surface area (Å²) < 4.78 is 14.2. The van der Waals surface area contributed by atoms with Gasteiger partial charge in [0, 0.05) is 36.7 Å². The van der Waals surface area contributed by atoms with Crippen molar-refractivity contribution in [1.82, 2.24) is 4.90 Å². The van der Waals surface area contributed by atoms with Crippen molar-refractivity contribution in [1.29, 1.82) is 0 Å². The van der Waals surface area contributed by atoms with Crippen molar-refractivity contribution in [3.8, 4) is 11.1 Å². The number of nitrogens with zero attached hydrogens (tertiary/aromatic N) is 2. The highest BCUT2D eigenvalue weighted by atomic mass is 19.1. The summed E-state index contributed by atoms with van der Waals surface area (Å²) in [5.74, 6) is 0.164. The van der Waals surface area contributed by atoms with Crippen molar-refractivity contribution in [3.05, 3.63) is 78.1 Å². The second-order valence-electron chi connectivity index (χ2n) is 9.18. The third-order valence-electron chi connectivity index (χ3n) is 6.42. The predicted octanol–water partition coefficient (Wildman–Crippen LogP) is 6.30. The highest BCUT2D eigenvalue weighted by Crippen LogP contribution is 2.36. The molecular formula is C28H31FN2O. The molecule has 3 aromatic carbocycles. The van der Waals surface area contributed by atoms with E-state index in [9.17, 15) is 9.18 Å². The van der Waals surface area contributed by atoms with Crippen LogP contribution < -0.4 is 4.90 Å². The molecule has 0 unspecified atom stereocenters. The van der Waals surface area contributed by atoms with Gasteiger partial charge in [-0.2, -0.15) is 0 Å². The number of benzene rings is 3. The topological polar surface area (TPSA) is 23.6 Å². The van der Waals surface area contributed by atoms with Crippen LogP contribution in [0.25, 0.3) is 21.9 Å². The summed E-state index contributed by atoms with van der Waals surface area (Å²) in [7, 11) is 0. The number of amides is 1. The Hall–Kier alpha value is -3.14. The summed E-state index contributed by atoms with van der Waals surface area (Å²) in [5.41, 5.74) is 5.86. The van der Waals surface area contributed by atoms with Crippen LogP contribution in [0.15, 0.2) is 61.2 Å². The SMILES string of the molecule is C=CC(=O)N1CCN(c2cc(-c3cc(C)cc(C(C)C)c3)cc3ccc(F)cc23)[C@@H](C)C1. The standard InChI is InChI=1S/C28H31FN2O/c1-6-28(32)30-9-10-31(20(5)17-30)27-15-24(13-21-7-8-25(29)16-26(21)27)23-12-19(4)11-22(14-23)18(2)3/h6-8,11-16,18,20H,1,9-10,17H2,2-5H3/t20-/m0/s1. The summed E-state index contributed by atoms with van der Waals surface area (Å²) >= 11 is 0.